The van der Waals surface area contributed by atoms with Gasteiger partial charge in [0.25, 0.3) is 0 Å². The lowest BCUT2D eigenvalue weighted by molar-refractivity contribution is 0.366. The van der Waals surface area contributed by atoms with Gasteiger partial charge in [0.15, 0.2) is 0 Å². The third-order valence-corrected chi connectivity index (χ3v) is 9.03. The molecule has 0 bridgehead atoms. The quantitative estimate of drug-likeness (QED) is 0.567. The molecular weight excluding hydrogens is 232 g/mol. The zero-order chi connectivity index (χ0) is 13.8. The van der Waals surface area contributed by atoms with Crippen LogP contribution < -0.4 is 0 Å². The number of rotatable bonds is 1. The predicted molar refractivity (Wildman–Crippen MR) is 85.2 cm³/mol. The van der Waals surface area contributed by atoms with E-state index in [1.54, 1.807) is 0 Å². The van der Waals surface area contributed by atoms with Crippen molar-refractivity contribution in [3.63, 3.8) is 0 Å². The third kappa shape index (κ3) is 8.10. The van der Waals surface area contributed by atoms with Gasteiger partial charge in [-0.15, -0.1) is 0 Å². The molecule has 2 atom stereocenters. The Morgan fingerprint density at radius 1 is 1.12 bits per heavy atom. The summed E-state index contributed by atoms with van der Waals surface area (Å²) in [5.41, 5.74) is 0. The van der Waals surface area contributed by atoms with Crippen LogP contribution in [-0.2, 0) is 0 Å². The topological polar surface area (TPSA) is 20.2 Å². The van der Waals surface area contributed by atoms with E-state index in [0.29, 0.717) is 5.16 Å². The normalized spacial score (nSPS) is 18.1. The van der Waals surface area contributed by atoms with Gasteiger partial charge in [0.05, 0.1) is 10.3 Å². The van der Waals surface area contributed by atoms with Crippen LogP contribution >= 0.6 is 14.9 Å². The van der Waals surface area contributed by atoms with Crippen LogP contribution in [0.25, 0.3) is 0 Å². The van der Waals surface area contributed by atoms with Gasteiger partial charge in [-0.3, -0.25) is 0 Å². The summed E-state index contributed by atoms with van der Waals surface area (Å²) in [5.74, 6) is 0. The lowest BCUT2D eigenvalue weighted by atomic mass is 10.3. The van der Waals surface area contributed by atoms with Crippen LogP contribution in [0.4, 0.5) is 0 Å². The zero-order valence-electron chi connectivity index (χ0n) is 12.3. The molecule has 0 aromatic rings. The Kier molecular flexibility index (Phi) is 8.16. The molecule has 0 aliphatic carbocycles. The van der Waals surface area contributed by atoms with E-state index in [-0.39, 0.29) is 11.5 Å². The molecule has 0 aromatic carbocycles. The van der Waals surface area contributed by atoms with Crippen LogP contribution in [0.1, 0.15) is 41.5 Å². The Balaban J connectivity index is 0. The first-order valence-corrected chi connectivity index (χ1v) is 10.2. The number of aliphatic hydroxyl groups is 1. The summed E-state index contributed by atoms with van der Waals surface area (Å²) in [5, 5.41) is 9.32. The summed E-state index contributed by atoms with van der Waals surface area (Å²) in [7, 11) is 9.42. The van der Waals surface area contributed by atoms with E-state index in [1.165, 1.54) is 0 Å². The maximum absolute atomic E-state index is 8.85. The Morgan fingerprint density at radius 3 is 1.38 bits per heavy atom. The second-order valence-electron chi connectivity index (χ2n) is 6.51. The summed E-state index contributed by atoms with van der Waals surface area (Å²) in [6, 6.07) is 0. The fourth-order valence-electron chi connectivity index (χ4n) is 0.212. The van der Waals surface area contributed by atoms with Gasteiger partial charge >= 0.3 is 15.1 Å². The lowest BCUT2D eigenvalue weighted by Gasteiger charge is -2.30. The second kappa shape index (κ2) is 6.77. The minimum Gasteiger partial charge on any atom is -0.363 e. The molecule has 1 N–H and O–H groups in total. The van der Waals surface area contributed by atoms with Crippen molar-refractivity contribution >= 4 is 30.1 Å². The van der Waals surface area contributed by atoms with Crippen LogP contribution in [0.15, 0.2) is 0 Å². The van der Waals surface area contributed by atoms with E-state index in [0.717, 1.165) is 0 Å². The molecule has 1 nitrogen and oxygen atoms in total. The van der Waals surface area contributed by atoms with Crippen molar-refractivity contribution in [1.82, 2.24) is 0 Å². The monoisotopic (exact) mass is 260 g/mol. The summed E-state index contributed by atoms with van der Waals surface area (Å²) < 4.78 is 0. The van der Waals surface area contributed by atoms with E-state index < -0.39 is 14.9 Å². The molecule has 0 saturated carbocycles. The van der Waals surface area contributed by atoms with E-state index >= 15 is 0 Å². The molecule has 0 amide bonds. The molecule has 0 aromatic heterocycles. The molecule has 0 saturated heterocycles. The molecule has 0 spiro atoms. The first-order chi connectivity index (χ1) is 6.75. The van der Waals surface area contributed by atoms with Gasteiger partial charge < -0.3 is 5.11 Å². The molecule has 0 aliphatic heterocycles. The molecule has 0 fully saturated rings. The Labute approximate surface area is 107 Å². The Hall–Kier alpha value is 0.950. The number of aliphatic hydroxyl groups excluding tert-OH is 1. The first-order valence-electron chi connectivity index (χ1n) is 5.60. The van der Waals surface area contributed by atoms with Gasteiger partial charge in [0, 0.05) is 13.3 Å². The van der Waals surface area contributed by atoms with E-state index in [2.05, 4.69) is 48.2 Å². The van der Waals surface area contributed by atoms with E-state index in [1.807, 2.05) is 6.66 Å². The molecule has 16 heavy (non-hydrogen) atoms. The molecule has 5 heteroatoms. The van der Waals surface area contributed by atoms with Crippen LogP contribution in [-0.4, -0.2) is 50.2 Å². The zero-order valence-corrected chi connectivity index (χ0v) is 14.2. The molecular formula is C11H28B2OP2+2. The van der Waals surface area contributed by atoms with Crippen LogP contribution in [0.3, 0.4) is 0 Å². The van der Waals surface area contributed by atoms with Gasteiger partial charge in [-0.1, -0.05) is 7.80 Å². The summed E-state index contributed by atoms with van der Waals surface area (Å²) in [6.45, 7) is 16.8. The molecule has 0 rings (SSSR count). The van der Waals surface area contributed by atoms with Crippen molar-refractivity contribution in [2.45, 2.75) is 51.9 Å². The smallest absolute Gasteiger partial charge is 0.363 e. The summed E-state index contributed by atoms with van der Waals surface area (Å²) >= 11 is 0. The Bertz CT molecular complexity index is 193. The highest BCUT2D eigenvalue weighted by atomic mass is 31.2. The van der Waals surface area contributed by atoms with Gasteiger partial charge in [-0.2, -0.15) is 0 Å². The highest BCUT2D eigenvalue weighted by molar-refractivity contribution is 7.97. The van der Waals surface area contributed by atoms with Crippen molar-refractivity contribution < 1.29 is 5.11 Å². The van der Waals surface area contributed by atoms with Gasteiger partial charge in [0.2, 0.25) is 0 Å². The van der Waals surface area contributed by atoms with Crippen LogP contribution in [0, 0.1) is 0 Å². The number of hydrogen-bond donors (Lipinski definition) is 1. The van der Waals surface area contributed by atoms with Crippen molar-refractivity contribution in [3.05, 3.63) is 0 Å². The molecule has 92 valence electrons. The maximum atomic E-state index is 8.85. The van der Waals surface area contributed by atoms with Gasteiger partial charge in [-0.05, 0) is 48.7 Å². The third-order valence-electron chi connectivity index (χ3n) is 3.01. The minimum atomic E-state index is -1.55. The van der Waals surface area contributed by atoms with Crippen LogP contribution in [0.5, 0.6) is 0 Å². The predicted octanol–water partition coefficient (Wildman–Crippen LogP) is 3.18. The standard InChI is InChI=1S/C6H15BOP.C5H13BP/c1-6(2,3)9(4,7)5-8;1-5(2,3)7(4)6/h8H,5H2,1-4H3;7H,1-4H3/q2*+1. The largest absolute Gasteiger partial charge is 0.368 e. The average Bonchev–Trinajstić information content (AvgIpc) is 2.01. The first kappa shape index (κ1) is 19.3. The van der Waals surface area contributed by atoms with Crippen LogP contribution in [0.2, 0.25) is 0 Å². The average molecular weight is 260 g/mol. The van der Waals surface area contributed by atoms with Crippen molar-refractivity contribution in [2.75, 3.05) is 19.7 Å². The summed E-state index contributed by atoms with van der Waals surface area (Å²) in [4.78, 5) is 0. The fraction of sp³-hybridized carbons (Fsp3) is 1.00. The second-order valence-corrected chi connectivity index (χ2v) is 13.5. The number of hydrogen-bond acceptors (Lipinski definition) is 1. The van der Waals surface area contributed by atoms with Gasteiger partial charge in [-0.25, -0.2) is 0 Å². The van der Waals surface area contributed by atoms with Crippen molar-refractivity contribution in [2.24, 2.45) is 0 Å². The lowest BCUT2D eigenvalue weighted by Crippen LogP contribution is -2.21. The molecule has 0 heterocycles. The summed E-state index contributed by atoms with van der Waals surface area (Å²) in [6.07, 6.45) is 0.149. The van der Waals surface area contributed by atoms with Crippen molar-refractivity contribution in [1.29, 1.82) is 0 Å². The molecule has 4 radical (unpaired) electrons. The molecule has 2 unspecified atom stereocenters. The molecule has 0 aliphatic rings. The minimum absolute atomic E-state index is 0.0851. The maximum Gasteiger partial charge on any atom is 0.368 e. The van der Waals surface area contributed by atoms with Crippen molar-refractivity contribution in [3.8, 4) is 0 Å². The highest BCUT2D eigenvalue weighted by Gasteiger charge is 2.38. The highest BCUT2D eigenvalue weighted by Crippen LogP contribution is 2.60. The Morgan fingerprint density at radius 2 is 1.38 bits per heavy atom. The SMILES string of the molecule is [B][P+](C)(CO)C(C)(C)C.[B][PH+](C)C(C)(C)C. The van der Waals surface area contributed by atoms with E-state index in [4.69, 9.17) is 20.2 Å². The van der Waals surface area contributed by atoms with E-state index in [9.17, 15) is 0 Å². The van der Waals surface area contributed by atoms with Gasteiger partial charge in [0.1, 0.15) is 6.35 Å². The fourth-order valence-corrected chi connectivity index (χ4v) is 0.636.